The van der Waals surface area contributed by atoms with E-state index in [1.54, 1.807) is 18.3 Å². The molecule has 1 amide bonds. The fourth-order valence-corrected chi connectivity index (χ4v) is 3.35. The molecule has 0 unspecified atom stereocenters. The van der Waals surface area contributed by atoms with Crippen molar-refractivity contribution < 1.29 is 9.90 Å². The van der Waals surface area contributed by atoms with E-state index in [0.29, 0.717) is 9.50 Å². The quantitative estimate of drug-likeness (QED) is 0.846. The number of aromatic nitrogens is 3. The lowest BCUT2D eigenvalue weighted by atomic mass is 9.66. The predicted molar refractivity (Wildman–Crippen MR) is 89.9 cm³/mol. The molecule has 0 atom stereocenters. The highest BCUT2D eigenvalue weighted by Crippen LogP contribution is 2.46. The Hall–Kier alpha value is -1.73. The van der Waals surface area contributed by atoms with Gasteiger partial charge < -0.3 is 5.11 Å². The minimum Gasteiger partial charge on any atom is -0.465 e. The minimum absolute atomic E-state index is 0.152. The first kappa shape index (κ1) is 16.1. The molecule has 1 N–H and O–H groups in total. The van der Waals surface area contributed by atoms with Crippen LogP contribution < -0.4 is 4.90 Å². The molecular formula is C15H14BrClN4O2. The van der Waals surface area contributed by atoms with E-state index in [0.717, 1.165) is 29.9 Å². The molecule has 120 valence electrons. The van der Waals surface area contributed by atoms with Gasteiger partial charge in [-0.2, -0.15) is 0 Å². The molecule has 2 aromatic heterocycles. The fourth-order valence-electron chi connectivity index (χ4n) is 2.82. The van der Waals surface area contributed by atoms with Crippen molar-refractivity contribution >= 4 is 39.6 Å². The number of nitrogens with zero attached hydrogens (tertiary/aromatic N) is 4. The summed E-state index contributed by atoms with van der Waals surface area (Å²) in [4.78, 5) is 25.4. The Balaban J connectivity index is 1.94. The summed E-state index contributed by atoms with van der Waals surface area (Å²) in [5.41, 5.74) is 0.365. The van der Waals surface area contributed by atoms with Crippen LogP contribution in [-0.2, 0) is 5.41 Å². The lowest BCUT2D eigenvalue weighted by molar-refractivity contribution is 0.189. The molecule has 0 aromatic carbocycles. The van der Waals surface area contributed by atoms with Gasteiger partial charge in [0.25, 0.3) is 0 Å². The molecule has 0 spiro atoms. The highest BCUT2D eigenvalue weighted by molar-refractivity contribution is 9.10. The number of carboxylic acid groups (broad SMARTS) is 1. The number of hydrogen-bond acceptors (Lipinski definition) is 4. The van der Waals surface area contributed by atoms with E-state index in [1.807, 2.05) is 0 Å². The smallest absolute Gasteiger partial charge is 0.414 e. The summed E-state index contributed by atoms with van der Waals surface area (Å²) in [5.74, 6) is 0.152. The van der Waals surface area contributed by atoms with E-state index in [1.165, 1.54) is 12.4 Å². The molecule has 0 saturated heterocycles. The topological polar surface area (TPSA) is 79.2 Å². The number of halogens is 2. The summed E-state index contributed by atoms with van der Waals surface area (Å²) in [6, 6.07) is 3.55. The van der Waals surface area contributed by atoms with Crippen molar-refractivity contribution in [3.8, 4) is 0 Å². The van der Waals surface area contributed by atoms with Crippen LogP contribution in [0.4, 0.5) is 10.7 Å². The average Bonchev–Trinajstić information content (AvgIpc) is 2.49. The van der Waals surface area contributed by atoms with Crippen LogP contribution in [0.2, 0.25) is 5.02 Å². The molecular weight excluding hydrogens is 384 g/mol. The summed E-state index contributed by atoms with van der Waals surface area (Å²) in [7, 11) is 0. The fraction of sp³-hybridized carbons (Fsp3) is 0.333. The normalized spacial score (nSPS) is 15.7. The molecule has 2 aromatic rings. The Morgan fingerprint density at radius 3 is 2.57 bits per heavy atom. The van der Waals surface area contributed by atoms with Crippen LogP contribution >= 0.6 is 27.5 Å². The van der Waals surface area contributed by atoms with Gasteiger partial charge in [-0.15, -0.1) is 0 Å². The number of anilines is 1. The summed E-state index contributed by atoms with van der Waals surface area (Å²) in [5, 5.41) is 10.1. The van der Waals surface area contributed by atoms with Gasteiger partial charge in [0.05, 0.1) is 15.2 Å². The van der Waals surface area contributed by atoms with Crippen molar-refractivity contribution in [1.29, 1.82) is 0 Å². The van der Waals surface area contributed by atoms with Crippen molar-refractivity contribution in [1.82, 2.24) is 15.0 Å². The minimum atomic E-state index is -1.09. The number of carbonyl (C=O) groups is 1. The first-order valence-electron chi connectivity index (χ1n) is 7.11. The molecule has 0 radical (unpaired) electrons. The highest BCUT2D eigenvalue weighted by atomic mass is 79.9. The Labute approximate surface area is 146 Å². The maximum Gasteiger partial charge on any atom is 0.414 e. The van der Waals surface area contributed by atoms with Gasteiger partial charge in [-0.25, -0.2) is 19.7 Å². The number of pyridine rings is 1. The Kier molecular flexibility index (Phi) is 4.50. The van der Waals surface area contributed by atoms with Crippen molar-refractivity contribution in [3.05, 3.63) is 45.9 Å². The molecule has 8 heteroatoms. The van der Waals surface area contributed by atoms with Gasteiger partial charge in [-0.05, 0) is 40.9 Å². The van der Waals surface area contributed by atoms with E-state index in [2.05, 4.69) is 30.9 Å². The van der Waals surface area contributed by atoms with Gasteiger partial charge in [0, 0.05) is 30.6 Å². The summed E-state index contributed by atoms with van der Waals surface area (Å²) >= 11 is 9.53. The van der Waals surface area contributed by atoms with Crippen LogP contribution in [0.3, 0.4) is 0 Å². The summed E-state index contributed by atoms with van der Waals surface area (Å²) in [6.45, 7) is 0.237. The molecule has 2 heterocycles. The average molecular weight is 398 g/mol. The van der Waals surface area contributed by atoms with Gasteiger partial charge in [0.15, 0.2) is 0 Å². The predicted octanol–water partition coefficient (Wildman–Crippen LogP) is 3.89. The Morgan fingerprint density at radius 1 is 1.35 bits per heavy atom. The Bertz CT molecular complexity index is 722. The van der Waals surface area contributed by atoms with Crippen molar-refractivity contribution in [2.45, 2.75) is 24.7 Å². The zero-order valence-electron chi connectivity index (χ0n) is 12.1. The second kappa shape index (κ2) is 6.41. The lowest BCUT2D eigenvalue weighted by Crippen LogP contribution is -2.48. The molecule has 1 aliphatic rings. The van der Waals surface area contributed by atoms with Crippen LogP contribution in [-0.4, -0.2) is 32.7 Å². The van der Waals surface area contributed by atoms with Gasteiger partial charge in [0.1, 0.15) is 0 Å². The lowest BCUT2D eigenvalue weighted by Gasteiger charge is -2.43. The van der Waals surface area contributed by atoms with Crippen molar-refractivity contribution in [2.24, 2.45) is 0 Å². The third-order valence-corrected chi connectivity index (χ3v) is 4.83. The third kappa shape index (κ3) is 3.16. The van der Waals surface area contributed by atoms with Crippen LogP contribution in [0, 0.1) is 0 Å². The van der Waals surface area contributed by atoms with E-state index >= 15 is 0 Å². The van der Waals surface area contributed by atoms with Crippen LogP contribution in [0.1, 0.15) is 25.0 Å². The molecule has 1 aliphatic carbocycles. The first-order valence-corrected chi connectivity index (χ1v) is 8.28. The zero-order chi connectivity index (χ0) is 16.4. The number of hydrogen-bond donors (Lipinski definition) is 1. The molecule has 0 bridgehead atoms. The first-order chi connectivity index (χ1) is 11.0. The van der Waals surface area contributed by atoms with Gasteiger partial charge in [-0.3, -0.25) is 4.98 Å². The highest BCUT2D eigenvalue weighted by Gasteiger charge is 2.44. The number of rotatable bonds is 4. The monoisotopic (exact) mass is 396 g/mol. The molecule has 0 aliphatic heterocycles. The molecule has 23 heavy (non-hydrogen) atoms. The molecule has 3 rings (SSSR count). The maximum absolute atomic E-state index is 11.7. The second-order valence-corrected chi connectivity index (χ2v) is 6.86. The standard InChI is InChI=1S/C15H14BrClN4O2/c16-10-7-19-13(20-8-10)21(14(22)23)9-15(4-2-5-15)12-11(17)3-1-6-18-12/h1,3,6-8H,2,4-5,9H2,(H,22,23). The summed E-state index contributed by atoms with van der Waals surface area (Å²) in [6.07, 6.45) is 6.34. The SMILES string of the molecule is O=C(O)N(CC1(c2ncccc2Cl)CCC1)c1ncc(Br)cn1. The van der Waals surface area contributed by atoms with Crippen LogP contribution in [0.5, 0.6) is 0 Å². The maximum atomic E-state index is 11.7. The molecule has 1 saturated carbocycles. The third-order valence-electron chi connectivity index (χ3n) is 4.11. The van der Waals surface area contributed by atoms with Crippen LogP contribution in [0.15, 0.2) is 35.2 Å². The van der Waals surface area contributed by atoms with E-state index < -0.39 is 6.09 Å². The summed E-state index contributed by atoms with van der Waals surface area (Å²) < 4.78 is 0.692. The molecule has 1 fully saturated rings. The van der Waals surface area contributed by atoms with Crippen LogP contribution in [0.25, 0.3) is 0 Å². The van der Waals surface area contributed by atoms with Gasteiger partial charge in [0.2, 0.25) is 5.95 Å². The van der Waals surface area contributed by atoms with E-state index in [4.69, 9.17) is 11.6 Å². The van der Waals surface area contributed by atoms with Crippen molar-refractivity contribution in [2.75, 3.05) is 11.4 Å². The van der Waals surface area contributed by atoms with Gasteiger partial charge >= 0.3 is 6.09 Å². The Morgan fingerprint density at radius 2 is 2.04 bits per heavy atom. The van der Waals surface area contributed by atoms with Crippen molar-refractivity contribution in [3.63, 3.8) is 0 Å². The number of amides is 1. The van der Waals surface area contributed by atoms with Gasteiger partial charge in [-0.1, -0.05) is 18.0 Å². The second-order valence-electron chi connectivity index (χ2n) is 5.54. The van der Waals surface area contributed by atoms with E-state index in [9.17, 15) is 9.90 Å². The zero-order valence-corrected chi connectivity index (χ0v) is 14.5. The molecule has 6 nitrogen and oxygen atoms in total. The largest absolute Gasteiger partial charge is 0.465 e. The van der Waals surface area contributed by atoms with E-state index in [-0.39, 0.29) is 17.9 Å².